The lowest BCUT2D eigenvalue weighted by Crippen LogP contribution is -2.54. The Hall–Kier alpha value is -3.57. The number of sulfonamides is 1. The van der Waals surface area contributed by atoms with E-state index in [0.717, 1.165) is 41.1 Å². The number of carbonyl (C=O) groups excluding carboxylic acids is 2. The van der Waals surface area contributed by atoms with Crippen molar-refractivity contribution in [1.82, 2.24) is 10.2 Å². The average Bonchev–Trinajstić information content (AvgIpc) is 3.60. The summed E-state index contributed by atoms with van der Waals surface area (Å²) in [5.74, 6) is -0.469. The smallest absolute Gasteiger partial charge is 0.264 e. The zero-order valence-electron chi connectivity index (χ0n) is 27.2. The van der Waals surface area contributed by atoms with E-state index in [1.54, 1.807) is 48.5 Å². The van der Waals surface area contributed by atoms with Gasteiger partial charge in [-0.25, -0.2) is 8.42 Å². The van der Waals surface area contributed by atoms with Crippen molar-refractivity contribution in [2.75, 3.05) is 18.0 Å². The van der Waals surface area contributed by atoms with Crippen LogP contribution in [0.3, 0.4) is 0 Å². The van der Waals surface area contributed by atoms with Crippen LogP contribution >= 0.6 is 39.1 Å². The van der Waals surface area contributed by atoms with E-state index < -0.39 is 28.5 Å². The number of amides is 2. The van der Waals surface area contributed by atoms with E-state index in [1.807, 2.05) is 37.3 Å². The number of aryl methyl sites for hydroxylation is 1. The summed E-state index contributed by atoms with van der Waals surface area (Å²) in [5.41, 5.74) is 2.50. The topological polar surface area (TPSA) is 96.0 Å². The first-order valence-corrected chi connectivity index (χ1v) is 19.0. The van der Waals surface area contributed by atoms with Gasteiger partial charge in [-0.3, -0.25) is 13.9 Å². The molecule has 1 N–H and O–H groups in total. The number of anilines is 1. The van der Waals surface area contributed by atoms with Crippen molar-refractivity contribution < 1.29 is 22.7 Å². The van der Waals surface area contributed by atoms with E-state index in [1.165, 1.54) is 24.1 Å². The molecule has 0 aliphatic heterocycles. The molecule has 1 saturated carbocycles. The molecule has 8 nitrogen and oxygen atoms in total. The van der Waals surface area contributed by atoms with Crippen molar-refractivity contribution in [1.29, 1.82) is 0 Å². The summed E-state index contributed by atoms with van der Waals surface area (Å²) in [5, 5.41) is 3.82. The molecule has 2 amide bonds. The van der Waals surface area contributed by atoms with E-state index in [2.05, 4.69) is 21.2 Å². The Kier molecular flexibility index (Phi) is 12.3. The molecule has 0 spiro atoms. The van der Waals surface area contributed by atoms with Crippen molar-refractivity contribution in [3.8, 4) is 5.75 Å². The Morgan fingerprint density at radius 3 is 2.20 bits per heavy atom. The molecule has 0 bridgehead atoms. The molecule has 0 aromatic heterocycles. The Morgan fingerprint density at radius 1 is 0.939 bits per heavy atom. The van der Waals surface area contributed by atoms with Crippen molar-refractivity contribution in [3.05, 3.63) is 122 Å². The molecular formula is C37H38BrCl2N3O5S. The Morgan fingerprint density at radius 2 is 1.59 bits per heavy atom. The first-order valence-electron chi connectivity index (χ1n) is 16.0. The third-order valence-electron chi connectivity index (χ3n) is 8.67. The minimum atomic E-state index is -4.31. The van der Waals surface area contributed by atoms with Crippen LogP contribution in [-0.2, 0) is 32.6 Å². The van der Waals surface area contributed by atoms with Gasteiger partial charge in [-0.2, -0.15) is 0 Å². The summed E-state index contributed by atoms with van der Waals surface area (Å²) >= 11 is 16.6. The van der Waals surface area contributed by atoms with Gasteiger partial charge in [-0.15, -0.1) is 0 Å². The number of methoxy groups -OCH3 is 1. The second kappa shape index (κ2) is 16.4. The maximum atomic E-state index is 14.8. The van der Waals surface area contributed by atoms with Gasteiger partial charge in [0.1, 0.15) is 18.3 Å². The molecule has 1 aliphatic carbocycles. The number of nitrogens with one attached hydrogen (secondary N) is 1. The van der Waals surface area contributed by atoms with Crippen LogP contribution in [0.5, 0.6) is 5.75 Å². The van der Waals surface area contributed by atoms with Gasteiger partial charge in [-0.05, 0) is 83.7 Å². The summed E-state index contributed by atoms with van der Waals surface area (Å²) < 4.78 is 35.6. The van der Waals surface area contributed by atoms with E-state index in [-0.39, 0.29) is 35.5 Å². The highest BCUT2D eigenvalue weighted by atomic mass is 79.9. The maximum Gasteiger partial charge on any atom is 0.264 e. The second-order valence-electron chi connectivity index (χ2n) is 12.1. The third-order valence-corrected chi connectivity index (χ3v) is 11.8. The molecule has 0 radical (unpaired) electrons. The summed E-state index contributed by atoms with van der Waals surface area (Å²) in [4.78, 5) is 30.3. The van der Waals surface area contributed by atoms with Gasteiger partial charge in [0, 0.05) is 34.6 Å². The number of benzene rings is 4. The van der Waals surface area contributed by atoms with Gasteiger partial charge in [0.05, 0.1) is 22.2 Å². The monoisotopic (exact) mass is 785 g/mol. The van der Waals surface area contributed by atoms with Gasteiger partial charge in [-0.1, -0.05) is 90.1 Å². The van der Waals surface area contributed by atoms with Crippen LogP contribution in [0.2, 0.25) is 10.0 Å². The number of rotatable bonds is 13. The molecule has 4 aromatic rings. The fraction of sp³-hybridized carbons (Fsp3) is 0.297. The number of hydrogen-bond donors (Lipinski definition) is 1. The summed E-state index contributed by atoms with van der Waals surface area (Å²) in [6.45, 7) is 1.17. The Labute approximate surface area is 306 Å². The molecule has 4 aromatic carbocycles. The first kappa shape index (κ1) is 36.7. The second-order valence-corrected chi connectivity index (χ2v) is 15.6. The molecule has 0 heterocycles. The van der Waals surface area contributed by atoms with Gasteiger partial charge in [0.25, 0.3) is 10.0 Å². The van der Waals surface area contributed by atoms with Gasteiger partial charge in [0.15, 0.2) is 0 Å². The highest BCUT2D eigenvalue weighted by Gasteiger charge is 2.36. The normalized spacial score (nSPS) is 13.9. The molecule has 1 aliphatic rings. The minimum absolute atomic E-state index is 0.00965. The van der Waals surface area contributed by atoms with Gasteiger partial charge < -0.3 is 15.0 Å². The molecule has 1 unspecified atom stereocenters. The number of ether oxygens (including phenoxy) is 1. The van der Waals surface area contributed by atoms with Crippen LogP contribution in [-0.4, -0.2) is 50.9 Å². The van der Waals surface area contributed by atoms with Crippen LogP contribution in [0.25, 0.3) is 0 Å². The highest BCUT2D eigenvalue weighted by Crippen LogP contribution is 2.32. The fourth-order valence-corrected chi connectivity index (χ4v) is 8.60. The number of hydrogen-bond acceptors (Lipinski definition) is 5. The Bertz CT molecular complexity index is 1870. The van der Waals surface area contributed by atoms with Crippen molar-refractivity contribution in [2.45, 2.75) is 62.6 Å². The van der Waals surface area contributed by atoms with Crippen LogP contribution < -0.4 is 14.4 Å². The first-order chi connectivity index (χ1) is 23.5. The van der Waals surface area contributed by atoms with E-state index in [4.69, 9.17) is 27.9 Å². The molecule has 49 heavy (non-hydrogen) atoms. The van der Waals surface area contributed by atoms with Crippen molar-refractivity contribution >= 4 is 66.7 Å². The zero-order valence-corrected chi connectivity index (χ0v) is 31.2. The van der Waals surface area contributed by atoms with Crippen molar-refractivity contribution in [3.63, 3.8) is 0 Å². The predicted octanol–water partition coefficient (Wildman–Crippen LogP) is 7.97. The van der Waals surface area contributed by atoms with Crippen LogP contribution in [0.15, 0.2) is 100 Å². The quantitative estimate of drug-likeness (QED) is 0.148. The molecular weight excluding hydrogens is 749 g/mol. The SMILES string of the molecule is COc1ccc(S(=O)(=O)N(CC(=O)N(Cc2c(Cl)cccc2Cl)C(Cc2ccccc2)C(=O)NC2CCCC2)c2ccc(C)cc2)cc1Br. The number of halogens is 3. The van der Waals surface area contributed by atoms with E-state index >= 15 is 0 Å². The standard InChI is InChI=1S/C37H38BrCl2N3O5S/c1-25-15-17-28(18-16-25)43(49(46,47)29-19-20-35(48-2)31(38)22-29)24-36(44)42(23-30-32(39)13-8-14-33(30)40)34(21-26-9-4-3-5-10-26)37(45)41-27-11-6-7-12-27/h3-5,8-10,13-20,22,27,34H,6-7,11-12,21,23-24H2,1-2H3,(H,41,45). The number of nitrogens with zero attached hydrogens (tertiary/aromatic N) is 2. The lowest BCUT2D eigenvalue weighted by molar-refractivity contribution is -0.140. The molecule has 12 heteroatoms. The molecule has 258 valence electrons. The Balaban J connectivity index is 1.60. The summed E-state index contributed by atoms with van der Waals surface area (Å²) in [6, 6.07) is 24.7. The third kappa shape index (κ3) is 8.97. The zero-order chi connectivity index (χ0) is 35.1. The van der Waals surface area contributed by atoms with E-state index in [0.29, 0.717) is 25.8 Å². The molecule has 5 rings (SSSR count). The van der Waals surface area contributed by atoms with Crippen LogP contribution in [0.4, 0.5) is 5.69 Å². The lowest BCUT2D eigenvalue weighted by atomic mass is 10.0. The maximum absolute atomic E-state index is 14.8. The lowest BCUT2D eigenvalue weighted by Gasteiger charge is -2.34. The van der Waals surface area contributed by atoms with Gasteiger partial charge in [0.2, 0.25) is 11.8 Å². The van der Waals surface area contributed by atoms with E-state index in [9.17, 15) is 18.0 Å². The molecule has 0 saturated heterocycles. The van der Waals surface area contributed by atoms with Crippen LogP contribution in [0, 0.1) is 6.92 Å². The highest BCUT2D eigenvalue weighted by molar-refractivity contribution is 9.10. The molecule has 1 atom stereocenters. The summed E-state index contributed by atoms with van der Waals surface area (Å²) in [7, 11) is -2.82. The van der Waals surface area contributed by atoms with Crippen molar-refractivity contribution in [2.24, 2.45) is 0 Å². The summed E-state index contributed by atoms with van der Waals surface area (Å²) in [6.07, 6.45) is 3.92. The van der Waals surface area contributed by atoms with Crippen LogP contribution in [0.1, 0.15) is 42.4 Å². The average molecular weight is 788 g/mol. The fourth-order valence-electron chi connectivity index (χ4n) is 5.95. The number of carbonyl (C=O) groups is 2. The largest absolute Gasteiger partial charge is 0.496 e. The van der Waals surface area contributed by atoms with Gasteiger partial charge >= 0.3 is 0 Å². The minimum Gasteiger partial charge on any atom is -0.496 e. The predicted molar refractivity (Wildman–Crippen MR) is 198 cm³/mol. The molecule has 1 fully saturated rings.